The van der Waals surface area contributed by atoms with Gasteiger partial charge in [0.05, 0.1) is 12.7 Å². The van der Waals surface area contributed by atoms with E-state index in [0.29, 0.717) is 24.1 Å². The molecule has 0 aliphatic carbocycles. The molecule has 0 saturated carbocycles. The Morgan fingerprint density at radius 2 is 2.18 bits per heavy atom. The van der Waals surface area contributed by atoms with Crippen LogP contribution >= 0.6 is 0 Å². The normalized spacial score (nSPS) is 36.0. The third-order valence-corrected chi connectivity index (χ3v) is 4.15. The quantitative estimate of drug-likeness (QED) is 0.801. The summed E-state index contributed by atoms with van der Waals surface area (Å²) in [7, 11) is 0. The molecule has 0 aromatic carbocycles. The molecular formula is C14H27NO2. The molecule has 0 aromatic rings. The van der Waals surface area contributed by atoms with Gasteiger partial charge in [0, 0.05) is 25.3 Å². The largest absolute Gasteiger partial charge is 0.381 e. The van der Waals surface area contributed by atoms with Crippen LogP contribution in [-0.4, -0.2) is 38.0 Å². The van der Waals surface area contributed by atoms with Gasteiger partial charge in [-0.05, 0) is 38.5 Å². The number of hydrogen-bond donors (Lipinski definition) is 1. The van der Waals surface area contributed by atoms with E-state index in [4.69, 9.17) is 9.47 Å². The van der Waals surface area contributed by atoms with Gasteiger partial charge < -0.3 is 14.8 Å². The van der Waals surface area contributed by atoms with Gasteiger partial charge in [-0.3, -0.25) is 0 Å². The van der Waals surface area contributed by atoms with Crippen molar-refractivity contribution in [3.05, 3.63) is 0 Å². The molecule has 3 nitrogen and oxygen atoms in total. The minimum atomic E-state index is 0.485. The van der Waals surface area contributed by atoms with Crippen molar-refractivity contribution in [2.75, 3.05) is 19.8 Å². The minimum Gasteiger partial charge on any atom is -0.381 e. The molecule has 0 spiro atoms. The lowest BCUT2D eigenvalue weighted by Crippen LogP contribution is -2.45. The van der Waals surface area contributed by atoms with Crippen LogP contribution in [0.25, 0.3) is 0 Å². The Hall–Kier alpha value is -0.120. The van der Waals surface area contributed by atoms with E-state index < -0.39 is 0 Å². The van der Waals surface area contributed by atoms with E-state index in [1.54, 1.807) is 0 Å². The zero-order valence-electron chi connectivity index (χ0n) is 11.3. The lowest BCUT2D eigenvalue weighted by atomic mass is 9.95. The minimum absolute atomic E-state index is 0.485. The fourth-order valence-corrected chi connectivity index (χ4v) is 3.01. The number of rotatable bonds is 5. The van der Waals surface area contributed by atoms with Gasteiger partial charge in [0.2, 0.25) is 0 Å². The maximum Gasteiger partial charge on any atom is 0.0589 e. The van der Waals surface area contributed by atoms with Gasteiger partial charge in [-0.1, -0.05) is 13.3 Å². The molecule has 100 valence electrons. The molecule has 3 heteroatoms. The number of hydrogen-bond acceptors (Lipinski definition) is 3. The van der Waals surface area contributed by atoms with Crippen molar-refractivity contribution in [1.29, 1.82) is 0 Å². The highest BCUT2D eigenvalue weighted by atomic mass is 16.5. The highest BCUT2D eigenvalue weighted by Gasteiger charge is 2.27. The van der Waals surface area contributed by atoms with Crippen LogP contribution in [0.5, 0.6) is 0 Å². The Morgan fingerprint density at radius 1 is 1.29 bits per heavy atom. The Balaban J connectivity index is 1.73. The van der Waals surface area contributed by atoms with Crippen LogP contribution in [0.3, 0.4) is 0 Å². The van der Waals surface area contributed by atoms with E-state index in [1.807, 2.05) is 0 Å². The Morgan fingerprint density at radius 3 is 2.88 bits per heavy atom. The maximum atomic E-state index is 5.79. The van der Waals surface area contributed by atoms with E-state index in [-0.39, 0.29) is 0 Å². The van der Waals surface area contributed by atoms with E-state index in [0.717, 1.165) is 26.2 Å². The molecule has 2 aliphatic heterocycles. The summed E-state index contributed by atoms with van der Waals surface area (Å²) >= 11 is 0. The zero-order valence-corrected chi connectivity index (χ0v) is 11.3. The Kier molecular flexibility index (Phi) is 5.26. The lowest BCUT2D eigenvalue weighted by molar-refractivity contribution is -0.00595. The average molecular weight is 241 g/mol. The van der Waals surface area contributed by atoms with Gasteiger partial charge in [-0.25, -0.2) is 0 Å². The second-order valence-electron chi connectivity index (χ2n) is 5.58. The summed E-state index contributed by atoms with van der Waals surface area (Å²) in [5.74, 6) is 0.711. The van der Waals surface area contributed by atoms with Gasteiger partial charge in [0.15, 0.2) is 0 Å². The van der Waals surface area contributed by atoms with Gasteiger partial charge >= 0.3 is 0 Å². The molecule has 2 saturated heterocycles. The average Bonchev–Trinajstić information content (AvgIpc) is 2.83. The molecule has 2 fully saturated rings. The summed E-state index contributed by atoms with van der Waals surface area (Å²) in [6.45, 7) is 7.36. The SMILES string of the molecule is CCCC1CC(NC(C)C2CCOC2)CCO1. The van der Waals surface area contributed by atoms with Crippen molar-refractivity contribution in [3.63, 3.8) is 0 Å². The lowest BCUT2D eigenvalue weighted by Gasteiger charge is -2.33. The maximum absolute atomic E-state index is 5.79. The predicted octanol–water partition coefficient (Wildman–Crippen LogP) is 2.35. The standard InChI is InChI=1S/C14H27NO2/c1-3-4-14-9-13(6-8-17-14)15-11(2)12-5-7-16-10-12/h11-15H,3-10H2,1-2H3. The van der Waals surface area contributed by atoms with Crippen LogP contribution in [0.4, 0.5) is 0 Å². The fourth-order valence-electron chi connectivity index (χ4n) is 3.01. The zero-order chi connectivity index (χ0) is 12.1. The monoisotopic (exact) mass is 241 g/mol. The molecule has 0 bridgehead atoms. The van der Waals surface area contributed by atoms with Crippen molar-refractivity contribution < 1.29 is 9.47 Å². The Bertz CT molecular complexity index is 214. The highest BCUT2D eigenvalue weighted by Crippen LogP contribution is 2.21. The summed E-state index contributed by atoms with van der Waals surface area (Å²) in [6, 6.07) is 1.23. The number of ether oxygens (including phenoxy) is 2. The molecule has 0 radical (unpaired) electrons. The van der Waals surface area contributed by atoms with E-state index >= 15 is 0 Å². The molecule has 17 heavy (non-hydrogen) atoms. The van der Waals surface area contributed by atoms with Crippen LogP contribution in [0.1, 0.15) is 46.0 Å². The van der Waals surface area contributed by atoms with Crippen molar-refractivity contribution in [1.82, 2.24) is 5.32 Å². The number of nitrogens with one attached hydrogen (secondary N) is 1. The summed E-state index contributed by atoms with van der Waals surface area (Å²) < 4.78 is 11.3. The van der Waals surface area contributed by atoms with Crippen molar-refractivity contribution in [2.45, 2.75) is 64.1 Å². The van der Waals surface area contributed by atoms with Crippen LogP contribution < -0.4 is 5.32 Å². The Labute approximate surface area is 105 Å². The van der Waals surface area contributed by atoms with Crippen molar-refractivity contribution in [3.8, 4) is 0 Å². The summed E-state index contributed by atoms with van der Waals surface area (Å²) in [5, 5.41) is 3.79. The van der Waals surface area contributed by atoms with Crippen molar-refractivity contribution >= 4 is 0 Å². The summed E-state index contributed by atoms with van der Waals surface area (Å²) in [5.41, 5.74) is 0. The first-order valence-electron chi connectivity index (χ1n) is 7.25. The molecular weight excluding hydrogens is 214 g/mol. The molecule has 1 N–H and O–H groups in total. The molecule has 2 rings (SSSR count). The highest BCUT2D eigenvalue weighted by molar-refractivity contribution is 4.83. The molecule has 4 atom stereocenters. The fraction of sp³-hybridized carbons (Fsp3) is 1.00. The second kappa shape index (κ2) is 6.72. The molecule has 0 aromatic heterocycles. The van der Waals surface area contributed by atoms with E-state index in [2.05, 4.69) is 19.2 Å². The van der Waals surface area contributed by atoms with Gasteiger partial charge in [-0.15, -0.1) is 0 Å². The second-order valence-corrected chi connectivity index (χ2v) is 5.58. The van der Waals surface area contributed by atoms with Crippen LogP contribution in [-0.2, 0) is 9.47 Å². The van der Waals surface area contributed by atoms with E-state index in [9.17, 15) is 0 Å². The molecule has 2 heterocycles. The van der Waals surface area contributed by atoms with Crippen molar-refractivity contribution in [2.24, 2.45) is 5.92 Å². The van der Waals surface area contributed by atoms with Crippen LogP contribution in [0.15, 0.2) is 0 Å². The first-order valence-corrected chi connectivity index (χ1v) is 7.25. The summed E-state index contributed by atoms with van der Waals surface area (Å²) in [6.07, 6.45) is 6.49. The first kappa shape index (κ1) is 13.3. The predicted molar refractivity (Wildman–Crippen MR) is 69.2 cm³/mol. The van der Waals surface area contributed by atoms with Crippen LogP contribution in [0.2, 0.25) is 0 Å². The third kappa shape index (κ3) is 3.94. The molecule has 4 unspecified atom stereocenters. The van der Waals surface area contributed by atoms with Gasteiger partial charge in [-0.2, -0.15) is 0 Å². The van der Waals surface area contributed by atoms with Gasteiger partial charge in [0.1, 0.15) is 0 Å². The summed E-state index contributed by atoms with van der Waals surface area (Å²) in [4.78, 5) is 0. The van der Waals surface area contributed by atoms with Crippen LogP contribution in [0, 0.1) is 5.92 Å². The molecule has 2 aliphatic rings. The first-order chi connectivity index (χ1) is 8.29. The van der Waals surface area contributed by atoms with E-state index in [1.165, 1.54) is 25.7 Å². The smallest absolute Gasteiger partial charge is 0.0589 e. The third-order valence-electron chi connectivity index (χ3n) is 4.15. The molecule has 0 amide bonds. The van der Waals surface area contributed by atoms with Gasteiger partial charge in [0.25, 0.3) is 0 Å². The topological polar surface area (TPSA) is 30.5 Å².